The summed E-state index contributed by atoms with van der Waals surface area (Å²) in [6.07, 6.45) is 0. The molecule has 2 aromatic rings. The van der Waals surface area contributed by atoms with E-state index in [0.717, 1.165) is 5.56 Å². The van der Waals surface area contributed by atoms with Crippen molar-refractivity contribution in [2.24, 2.45) is 0 Å². The maximum atomic E-state index is 9.25. The molecule has 0 aliphatic rings. The zero-order valence-corrected chi connectivity index (χ0v) is 10.8. The largest absolute Gasteiger partial charge is 0.492 e. The van der Waals surface area contributed by atoms with Gasteiger partial charge in [-0.15, -0.1) is 0 Å². The first-order chi connectivity index (χ1) is 9.24. The lowest BCUT2D eigenvalue weighted by molar-refractivity contribution is 0.276. The molecule has 0 saturated carbocycles. The van der Waals surface area contributed by atoms with Gasteiger partial charge in [0.1, 0.15) is 17.2 Å². The summed E-state index contributed by atoms with van der Waals surface area (Å²) in [6.45, 7) is 2.37. The van der Waals surface area contributed by atoms with E-state index in [1.54, 1.807) is 18.2 Å². The van der Waals surface area contributed by atoms with Crippen molar-refractivity contribution in [3.63, 3.8) is 0 Å². The van der Waals surface area contributed by atoms with Crippen LogP contribution in [0.2, 0.25) is 0 Å². The first kappa shape index (κ1) is 13.2. The lowest BCUT2D eigenvalue weighted by Crippen LogP contribution is -1.97. The molecule has 0 heterocycles. The zero-order valence-electron chi connectivity index (χ0n) is 10.8. The number of para-hydroxylation sites is 1. The highest BCUT2D eigenvalue weighted by atomic mass is 16.5. The highest BCUT2D eigenvalue weighted by molar-refractivity contribution is 5.56. The van der Waals surface area contributed by atoms with E-state index >= 15 is 0 Å². The van der Waals surface area contributed by atoms with Crippen LogP contribution in [0.15, 0.2) is 42.5 Å². The normalized spacial score (nSPS) is 10.2. The van der Waals surface area contributed by atoms with Crippen molar-refractivity contribution in [3.05, 3.63) is 48.0 Å². The molecule has 0 spiro atoms. The maximum absolute atomic E-state index is 9.25. The van der Waals surface area contributed by atoms with Crippen molar-refractivity contribution in [2.75, 3.05) is 12.3 Å². The zero-order chi connectivity index (χ0) is 13.7. The number of hydrogen-bond acceptors (Lipinski definition) is 4. The Morgan fingerprint density at radius 3 is 2.63 bits per heavy atom. The second-order valence-corrected chi connectivity index (χ2v) is 4.00. The van der Waals surface area contributed by atoms with E-state index < -0.39 is 0 Å². The van der Waals surface area contributed by atoms with E-state index in [1.807, 2.05) is 31.2 Å². The molecule has 0 bridgehead atoms. The second kappa shape index (κ2) is 6.11. The highest BCUT2D eigenvalue weighted by Crippen LogP contribution is 2.31. The van der Waals surface area contributed by atoms with Gasteiger partial charge in [-0.25, -0.2) is 0 Å². The van der Waals surface area contributed by atoms with Crippen molar-refractivity contribution in [1.82, 2.24) is 0 Å². The molecular formula is C15H17NO3. The Kier molecular flexibility index (Phi) is 4.26. The quantitative estimate of drug-likeness (QED) is 0.810. The third kappa shape index (κ3) is 3.17. The van der Waals surface area contributed by atoms with E-state index in [1.165, 1.54) is 0 Å². The van der Waals surface area contributed by atoms with Crippen LogP contribution < -0.4 is 15.2 Å². The number of ether oxygens (including phenoxy) is 2. The summed E-state index contributed by atoms with van der Waals surface area (Å²) < 4.78 is 11.2. The Labute approximate surface area is 112 Å². The molecule has 0 atom stereocenters. The second-order valence-electron chi connectivity index (χ2n) is 4.00. The van der Waals surface area contributed by atoms with Crippen LogP contribution >= 0.6 is 0 Å². The van der Waals surface area contributed by atoms with E-state index in [-0.39, 0.29) is 6.61 Å². The van der Waals surface area contributed by atoms with Gasteiger partial charge in [-0.1, -0.05) is 18.2 Å². The molecule has 0 aromatic heterocycles. The smallest absolute Gasteiger partial charge is 0.145 e. The molecule has 0 radical (unpaired) electrons. The lowest BCUT2D eigenvalue weighted by atomic mass is 10.2. The molecule has 0 amide bonds. The van der Waals surface area contributed by atoms with Crippen LogP contribution in [0.1, 0.15) is 12.5 Å². The average molecular weight is 259 g/mol. The number of hydrogen-bond donors (Lipinski definition) is 2. The van der Waals surface area contributed by atoms with E-state index in [9.17, 15) is 5.11 Å². The van der Waals surface area contributed by atoms with Crippen molar-refractivity contribution in [3.8, 4) is 17.2 Å². The van der Waals surface area contributed by atoms with Gasteiger partial charge in [0.2, 0.25) is 0 Å². The first-order valence-electron chi connectivity index (χ1n) is 6.13. The average Bonchev–Trinajstić information content (AvgIpc) is 2.43. The van der Waals surface area contributed by atoms with Crippen LogP contribution in [0.3, 0.4) is 0 Å². The lowest BCUT2D eigenvalue weighted by Gasteiger charge is -2.12. The van der Waals surface area contributed by atoms with Crippen molar-refractivity contribution in [1.29, 1.82) is 0 Å². The number of nitrogens with two attached hydrogens (primary N) is 1. The van der Waals surface area contributed by atoms with E-state index in [4.69, 9.17) is 15.2 Å². The van der Waals surface area contributed by atoms with Crippen LogP contribution in [0.5, 0.6) is 17.2 Å². The molecular weight excluding hydrogens is 242 g/mol. The fourth-order valence-electron chi connectivity index (χ4n) is 1.72. The molecule has 19 heavy (non-hydrogen) atoms. The number of benzene rings is 2. The van der Waals surface area contributed by atoms with Crippen molar-refractivity contribution < 1.29 is 14.6 Å². The first-order valence-corrected chi connectivity index (χ1v) is 6.13. The molecule has 2 aromatic carbocycles. The summed E-state index contributed by atoms with van der Waals surface area (Å²) in [5.41, 5.74) is 7.11. The van der Waals surface area contributed by atoms with Crippen LogP contribution in [0, 0.1) is 0 Å². The molecule has 0 aliphatic heterocycles. The standard InChI is InChI=1S/C15H17NO3/c1-2-18-15-9-12(7-8-13(15)16)19-14-6-4-3-5-11(14)10-17/h3-9,17H,2,10,16H2,1H3. The molecule has 2 rings (SSSR count). The SMILES string of the molecule is CCOc1cc(Oc2ccccc2CO)ccc1N. The number of aliphatic hydroxyl groups excluding tert-OH is 1. The Morgan fingerprint density at radius 2 is 1.89 bits per heavy atom. The third-order valence-corrected chi connectivity index (χ3v) is 2.66. The van der Waals surface area contributed by atoms with E-state index in [2.05, 4.69) is 0 Å². The number of aliphatic hydroxyl groups is 1. The minimum atomic E-state index is -0.0660. The van der Waals surface area contributed by atoms with Crippen LogP contribution in [0.4, 0.5) is 5.69 Å². The van der Waals surface area contributed by atoms with E-state index in [0.29, 0.717) is 29.5 Å². The molecule has 4 heteroatoms. The van der Waals surface area contributed by atoms with Crippen LogP contribution in [-0.4, -0.2) is 11.7 Å². The molecule has 4 nitrogen and oxygen atoms in total. The van der Waals surface area contributed by atoms with Crippen molar-refractivity contribution in [2.45, 2.75) is 13.5 Å². The van der Waals surface area contributed by atoms with Gasteiger partial charge in [0.05, 0.1) is 18.9 Å². The highest BCUT2D eigenvalue weighted by Gasteiger charge is 2.06. The summed E-state index contributed by atoms with van der Waals surface area (Å²) in [4.78, 5) is 0. The number of rotatable bonds is 5. The summed E-state index contributed by atoms with van der Waals surface area (Å²) >= 11 is 0. The fourth-order valence-corrected chi connectivity index (χ4v) is 1.72. The predicted octanol–water partition coefficient (Wildman–Crippen LogP) is 2.95. The van der Waals surface area contributed by atoms with Gasteiger partial charge in [0.25, 0.3) is 0 Å². The number of nitrogen functional groups attached to an aromatic ring is 1. The molecule has 0 aliphatic carbocycles. The topological polar surface area (TPSA) is 64.7 Å². The Hall–Kier alpha value is -2.20. The van der Waals surface area contributed by atoms with Gasteiger partial charge in [-0.3, -0.25) is 0 Å². The monoisotopic (exact) mass is 259 g/mol. The summed E-state index contributed by atoms with van der Waals surface area (Å²) in [5, 5.41) is 9.25. The Balaban J connectivity index is 2.25. The molecule has 0 unspecified atom stereocenters. The molecule has 0 saturated heterocycles. The van der Waals surface area contributed by atoms with Gasteiger partial charge in [-0.05, 0) is 25.1 Å². The minimum Gasteiger partial charge on any atom is -0.492 e. The molecule has 3 N–H and O–H groups in total. The summed E-state index contributed by atoms with van der Waals surface area (Å²) in [5.74, 6) is 1.84. The van der Waals surface area contributed by atoms with Gasteiger partial charge in [0.15, 0.2) is 0 Å². The molecule has 100 valence electrons. The minimum absolute atomic E-state index is 0.0660. The van der Waals surface area contributed by atoms with Gasteiger partial charge in [0, 0.05) is 11.6 Å². The molecule has 0 fully saturated rings. The number of anilines is 1. The van der Waals surface area contributed by atoms with Crippen LogP contribution in [0.25, 0.3) is 0 Å². The summed E-state index contributed by atoms with van der Waals surface area (Å²) in [7, 11) is 0. The Bertz CT molecular complexity index is 555. The Morgan fingerprint density at radius 1 is 1.11 bits per heavy atom. The fraction of sp³-hybridized carbons (Fsp3) is 0.200. The van der Waals surface area contributed by atoms with Crippen LogP contribution in [-0.2, 0) is 6.61 Å². The van der Waals surface area contributed by atoms with Gasteiger partial charge < -0.3 is 20.3 Å². The maximum Gasteiger partial charge on any atom is 0.145 e. The third-order valence-electron chi connectivity index (χ3n) is 2.66. The van der Waals surface area contributed by atoms with Gasteiger partial charge in [-0.2, -0.15) is 0 Å². The summed E-state index contributed by atoms with van der Waals surface area (Å²) in [6, 6.07) is 12.6. The van der Waals surface area contributed by atoms with Crippen molar-refractivity contribution >= 4 is 5.69 Å². The van der Waals surface area contributed by atoms with Gasteiger partial charge >= 0.3 is 0 Å². The predicted molar refractivity (Wildman–Crippen MR) is 74.5 cm³/mol.